The van der Waals surface area contributed by atoms with E-state index in [1.165, 1.54) is 32.1 Å². The highest BCUT2D eigenvalue weighted by Gasteiger charge is 2.47. The van der Waals surface area contributed by atoms with Crippen molar-refractivity contribution in [2.45, 2.75) is 103 Å². The highest BCUT2D eigenvalue weighted by atomic mass is 28.4. The van der Waals surface area contributed by atoms with E-state index in [0.29, 0.717) is 22.5 Å². The van der Waals surface area contributed by atoms with E-state index in [1.54, 1.807) is 12.2 Å². The molecule has 0 bridgehead atoms. The zero-order valence-electron chi connectivity index (χ0n) is 17.7. The Balaban J connectivity index is 2.55. The lowest BCUT2D eigenvalue weighted by molar-refractivity contribution is -0.134. The first-order valence-electron chi connectivity index (χ1n) is 10.4. The molecular weight excluding hydrogens is 340 g/mol. The summed E-state index contributed by atoms with van der Waals surface area (Å²) in [5.41, 5.74) is 1.17. The summed E-state index contributed by atoms with van der Waals surface area (Å²) in [5.74, 6) is 0.444. The standard InChI is InChI=1S/C22H40O3Si/c1-17(2)26(18(3)4,19(5)6)25-22(24)14-10-13-21(23)16-15-20-11-8-7-9-12-20/h10,13,15-21,23H,7-9,11-12,14H2,1-6H3/b13-10+,16-15+. The van der Waals surface area contributed by atoms with E-state index in [2.05, 4.69) is 47.6 Å². The van der Waals surface area contributed by atoms with Crippen LogP contribution in [0.4, 0.5) is 0 Å². The number of carbonyl (C=O) groups is 1. The average molecular weight is 381 g/mol. The molecule has 1 N–H and O–H groups in total. The van der Waals surface area contributed by atoms with E-state index in [4.69, 9.17) is 4.43 Å². The Labute approximate surface area is 162 Å². The maximum absolute atomic E-state index is 12.4. The van der Waals surface area contributed by atoms with Crippen LogP contribution in [0.5, 0.6) is 0 Å². The predicted octanol–water partition coefficient (Wildman–Crippen LogP) is 6.15. The van der Waals surface area contributed by atoms with Crippen LogP contribution in [0.2, 0.25) is 16.6 Å². The van der Waals surface area contributed by atoms with Crippen molar-refractivity contribution in [1.29, 1.82) is 0 Å². The normalized spacial score (nSPS) is 18.5. The molecule has 0 radical (unpaired) electrons. The molecule has 3 nitrogen and oxygen atoms in total. The van der Waals surface area contributed by atoms with Gasteiger partial charge in [0.15, 0.2) is 0 Å². The highest BCUT2D eigenvalue weighted by Crippen LogP contribution is 2.42. The minimum absolute atomic E-state index is 0.160. The number of aliphatic hydroxyl groups excluding tert-OH is 1. The van der Waals surface area contributed by atoms with Gasteiger partial charge in [-0.05, 0) is 35.4 Å². The zero-order valence-corrected chi connectivity index (χ0v) is 18.7. The van der Waals surface area contributed by atoms with Gasteiger partial charge in [0.2, 0.25) is 0 Å². The molecule has 1 saturated carbocycles. The Kier molecular flexibility index (Phi) is 9.87. The van der Waals surface area contributed by atoms with E-state index >= 15 is 0 Å². The van der Waals surface area contributed by atoms with E-state index in [9.17, 15) is 9.90 Å². The molecule has 1 unspecified atom stereocenters. The second kappa shape index (κ2) is 11.1. The quantitative estimate of drug-likeness (QED) is 0.385. The molecule has 0 aromatic carbocycles. The molecule has 1 atom stereocenters. The largest absolute Gasteiger partial charge is 0.518 e. The first-order chi connectivity index (χ1) is 12.2. The molecule has 26 heavy (non-hydrogen) atoms. The molecule has 150 valence electrons. The number of carbonyl (C=O) groups excluding carboxylic acids is 1. The Morgan fingerprint density at radius 1 is 1.00 bits per heavy atom. The number of allylic oxidation sites excluding steroid dienone is 1. The summed E-state index contributed by atoms with van der Waals surface area (Å²) in [6, 6.07) is 0. The molecule has 1 aliphatic rings. The first kappa shape index (κ1) is 23.2. The van der Waals surface area contributed by atoms with Crippen molar-refractivity contribution < 1.29 is 14.3 Å². The molecule has 0 heterocycles. The van der Waals surface area contributed by atoms with Crippen LogP contribution in [-0.2, 0) is 9.22 Å². The van der Waals surface area contributed by atoms with E-state index in [-0.39, 0.29) is 12.4 Å². The summed E-state index contributed by atoms with van der Waals surface area (Å²) in [6.45, 7) is 13.1. The Morgan fingerprint density at radius 3 is 2.04 bits per heavy atom. The van der Waals surface area contributed by atoms with E-state index < -0.39 is 14.4 Å². The van der Waals surface area contributed by atoms with Crippen LogP contribution in [0.3, 0.4) is 0 Å². The van der Waals surface area contributed by atoms with Crippen LogP contribution in [-0.4, -0.2) is 25.5 Å². The van der Waals surface area contributed by atoms with Gasteiger partial charge in [0.25, 0.3) is 14.3 Å². The second-order valence-corrected chi connectivity index (χ2v) is 14.1. The van der Waals surface area contributed by atoms with Crippen molar-refractivity contribution in [3.05, 3.63) is 24.3 Å². The Hall–Kier alpha value is -0.873. The van der Waals surface area contributed by atoms with Gasteiger partial charge in [0.05, 0.1) is 12.5 Å². The molecule has 1 aliphatic carbocycles. The second-order valence-electron chi connectivity index (χ2n) is 8.70. The van der Waals surface area contributed by atoms with Crippen LogP contribution in [0, 0.1) is 5.92 Å². The lowest BCUT2D eigenvalue weighted by Gasteiger charge is -2.41. The van der Waals surface area contributed by atoms with Gasteiger partial charge < -0.3 is 9.53 Å². The van der Waals surface area contributed by atoms with Gasteiger partial charge in [0.1, 0.15) is 0 Å². The summed E-state index contributed by atoms with van der Waals surface area (Å²) in [6.07, 6.45) is 13.4. The first-order valence-corrected chi connectivity index (χ1v) is 12.6. The number of hydrogen-bond donors (Lipinski definition) is 1. The summed E-state index contributed by atoms with van der Waals surface area (Å²) >= 11 is 0. The molecule has 0 saturated heterocycles. The zero-order chi connectivity index (χ0) is 19.7. The summed E-state index contributed by atoms with van der Waals surface area (Å²) in [7, 11) is -2.17. The van der Waals surface area contributed by atoms with Crippen LogP contribution in [0.15, 0.2) is 24.3 Å². The highest BCUT2D eigenvalue weighted by molar-refractivity contribution is 6.78. The van der Waals surface area contributed by atoms with Gasteiger partial charge in [-0.3, -0.25) is 4.79 Å². The summed E-state index contributed by atoms with van der Waals surface area (Å²) < 4.78 is 6.11. The van der Waals surface area contributed by atoms with Gasteiger partial charge in [-0.25, -0.2) is 0 Å². The lowest BCUT2D eigenvalue weighted by atomic mass is 9.89. The average Bonchev–Trinajstić information content (AvgIpc) is 2.57. The Morgan fingerprint density at radius 2 is 1.54 bits per heavy atom. The molecule has 0 aromatic heterocycles. The lowest BCUT2D eigenvalue weighted by Crippen LogP contribution is -2.49. The summed E-state index contributed by atoms with van der Waals surface area (Å²) in [5, 5.41) is 10.1. The van der Waals surface area contributed by atoms with Crippen LogP contribution >= 0.6 is 0 Å². The number of hydrogen-bond acceptors (Lipinski definition) is 3. The van der Waals surface area contributed by atoms with Gasteiger partial charge in [-0.2, -0.15) is 0 Å². The van der Waals surface area contributed by atoms with Gasteiger partial charge in [-0.1, -0.05) is 85.1 Å². The van der Waals surface area contributed by atoms with Crippen molar-refractivity contribution in [2.24, 2.45) is 5.92 Å². The molecule has 1 rings (SSSR count). The van der Waals surface area contributed by atoms with Crippen molar-refractivity contribution in [2.75, 3.05) is 0 Å². The van der Waals surface area contributed by atoms with Gasteiger partial charge in [-0.15, -0.1) is 0 Å². The van der Waals surface area contributed by atoms with Gasteiger partial charge in [0, 0.05) is 0 Å². The number of aliphatic hydroxyl groups is 1. The van der Waals surface area contributed by atoms with E-state index in [0.717, 1.165) is 0 Å². The van der Waals surface area contributed by atoms with E-state index in [1.807, 2.05) is 6.08 Å². The molecule has 0 aliphatic heterocycles. The fourth-order valence-electron chi connectivity index (χ4n) is 4.56. The maximum atomic E-state index is 12.4. The molecule has 0 amide bonds. The maximum Gasteiger partial charge on any atom is 0.296 e. The minimum atomic E-state index is -2.17. The monoisotopic (exact) mass is 380 g/mol. The summed E-state index contributed by atoms with van der Waals surface area (Å²) in [4.78, 5) is 12.4. The van der Waals surface area contributed by atoms with Crippen LogP contribution in [0.25, 0.3) is 0 Å². The van der Waals surface area contributed by atoms with Crippen LogP contribution in [0.1, 0.15) is 80.1 Å². The van der Waals surface area contributed by atoms with Gasteiger partial charge >= 0.3 is 0 Å². The topological polar surface area (TPSA) is 46.5 Å². The third kappa shape index (κ3) is 6.69. The minimum Gasteiger partial charge on any atom is -0.518 e. The Bertz CT molecular complexity index is 452. The fraction of sp³-hybridized carbons (Fsp3) is 0.773. The van der Waals surface area contributed by atoms with Crippen LogP contribution < -0.4 is 0 Å². The van der Waals surface area contributed by atoms with Crippen molar-refractivity contribution in [3.63, 3.8) is 0 Å². The van der Waals surface area contributed by atoms with Crippen molar-refractivity contribution in [3.8, 4) is 0 Å². The predicted molar refractivity (Wildman–Crippen MR) is 113 cm³/mol. The smallest absolute Gasteiger partial charge is 0.296 e. The third-order valence-electron chi connectivity index (χ3n) is 5.85. The number of rotatable bonds is 9. The molecular formula is C22H40O3Si. The third-order valence-corrected chi connectivity index (χ3v) is 11.8. The molecule has 0 spiro atoms. The molecule has 1 fully saturated rings. The molecule has 4 heteroatoms. The fourth-order valence-corrected chi connectivity index (χ4v) is 9.74. The molecule has 0 aromatic rings. The van der Waals surface area contributed by atoms with Crippen molar-refractivity contribution in [1.82, 2.24) is 0 Å². The van der Waals surface area contributed by atoms with Crippen molar-refractivity contribution >= 4 is 14.3 Å². The SMILES string of the molecule is CC(C)[Si](OC(=O)C/C=C/C(O)/C=C/C1CCCCC1)(C(C)C)C(C)C.